The summed E-state index contributed by atoms with van der Waals surface area (Å²) in [5.41, 5.74) is 1.50. The van der Waals surface area contributed by atoms with E-state index in [1.807, 2.05) is 30.3 Å². The van der Waals surface area contributed by atoms with Crippen LogP contribution in [0, 0.1) is 0 Å². The number of alkyl halides is 3. The predicted octanol–water partition coefficient (Wildman–Crippen LogP) is 4.09. The van der Waals surface area contributed by atoms with Crippen molar-refractivity contribution in [3.8, 4) is 22.9 Å². The summed E-state index contributed by atoms with van der Waals surface area (Å²) < 4.78 is 37.3. The summed E-state index contributed by atoms with van der Waals surface area (Å²) in [7, 11) is 0. The minimum absolute atomic E-state index is 0.402. The first kappa shape index (κ1) is 18.4. The smallest absolute Gasteiger partial charge is 0.475 e. The van der Waals surface area contributed by atoms with Gasteiger partial charge in [0.2, 0.25) is 11.8 Å². The number of nitrogens with zero attached hydrogens (tertiary/aromatic N) is 3. The SMILES string of the molecule is Clc1ccccc1-c1nnc(-c2cccnc2)o1.O=C(O)C(F)(F)F. The average Bonchev–Trinajstić information content (AvgIpc) is 3.05. The van der Waals surface area contributed by atoms with Crippen molar-refractivity contribution in [2.75, 3.05) is 0 Å². The van der Waals surface area contributed by atoms with Crippen LogP contribution in [0.25, 0.3) is 22.9 Å². The summed E-state index contributed by atoms with van der Waals surface area (Å²) in [6, 6.07) is 11.0. The molecule has 0 unspecified atom stereocenters. The minimum Gasteiger partial charge on any atom is -0.475 e. The van der Waals surface area contributed by atoms with Crippen molar-refractivity contribution in [3.05, 3.63) is 53.8 Å². The average molecular weight is 372 g/mol. The molecule has 0 aliphatic rings. The Labute approximate surface area is 143 Å². The molecule has 0 aliphatic heterocycles. The first-order valence-electron chi connectivity index (χ1n) is 6.58. The van der Waals surface area contributed by atoms with Gasteiger partial charge >= 0.3 is 12.1 Å². The number of benzene rings is 1. The Bertz CT molecular complexity index is 854. The summed E-state index contributed by atoms with van der Waals surface area (Å²) in [6.07, 6.45) is -1.72. The maximum absolute atomic E-state index is 10.6. The summed E-state index contributed by atoms with van der Waals surface area (Å²) in [5, 5.41) is 15.7. The van der Waals surface area contributed by atoms with E-state index in [1.54, 1.807) is 18.5 Å². The zero-order valence-corrected chi connectivity index (χ0v) is 13.0. The molecule has 6 nitrogen and oxygen atoms in total. The molecule has 0 atom stereocenters. The Morgan fingerprint density at radius 3 is 2.28 bits per heavy atom. The highest BCUT2D eigenvalue weighted by atomic mass is 35.5. The molecule has 0 saturated carbocycles. The van der Waals surface area contributed by atoms with Crippen LogP contribution in [0.3, 0.4) is 0 Å². The third kappa shape index (κ3) is 5.01. The van der Waals surface area contributed by atoms with Crippen molar-refractivity contribution in [2.24, 2.45) is 0 Å². The number of carboxylic acids is 1. The number of aliphatic carboxylic acids is 1. The lowest BCUT2D eigenvalue weighted by Crippen LogP contribution is -2.21. The molecule has 0 saturated heterocycles. The number of rotatable bonds is 2. The van der Waals surface area contributed by atoms with Crippen LogP contribution in [0.4, 0.5) is 13.2 Å². The van der Waals surface area contributed by atoms with Crippen molar-refractivity contribution >= 4 is 17.6 Å². The molecule has 0 amide bonds. The molecule has 130 valence electrons. The maximum Gasteiger partial charge on any atom is 0.490 e. The van der Waals surface area contributed by atoms with E-state index in [1.165, 1.54) is 0 Å². The Morgan fingerprint density at radius 1 is 1.08 bits per heavy atom. The largest absolute Gasteiger partial charge is 0.490 e. The van der Waals surface area contributed by atoms with Gasteiger partial charge in [0.05, 0.1) is 16.1 Å². The number of carboxylic acid groups (broad SMARTS) is 1. The van der Waals surface area contributed by atoms with E-state index in [9.17, 15) is 13.2 Å². The molecule has 1 N–H and O–H groups in total. The van der Waals surface area contributed by atoms with Crippen LogP contribution in [0.1, 0.15) is 0 Å². The number of pyridine rings is 1. The zero-order valence-electron chi connectivity index (χ0n) is 12.2. The van der Waals surface area contributed by atoms with Crippen LogP contribution in [-0.4, -0.2) is 32.4 Å². The number of hydrogen-bond donors (Lipinski definition) is 1. The number of halogens is 4. The van der Waals surface area contributed by atoms with Gasteiger partial charge in [-0.05, 0) is 24.3 Å². The molecule has 0 fully saturated rings. The summed E-state index contributed by atoms with van der Waals surface area (Å²) in [5.74, 6) is -1.93. The van der Waals surface area contributed by atoms with Crippen molar-refractivity contribution in [2.45, 2.75) is 6.18 Å². The van der Waals surface area contributed by atoms with E-state index >= 15 is 0 Å². The zero-order chi connectivity index (χ0) is 18.4. The second-order valence-corrected chi connectivity index (χ2v) is 4.84. The monoisotopic (exact) mass is 371 g/mol. The topological polar surface area (TPSA) is 89.1 Å². The van der Waals surface area contributed by atoms with Crippen LogP contribution in [0.5, 0.6) is 0 Å². The number of hydrogen-bond acceptors (Lipinski definition) is 5. The first-order valence-corrected chi connectivity index (χ1v) is 6.95. The van der Waals surface area contributed by atoms with E-state index in [-0.39, 0.29) is 0 Å². The lowest BCUT2D eigenvalue weighted by atomic mass is 10.2. The molecule has 0 radical (unpaired) electrons. The lowest BCUT2D eigenvalue weighted by Gasteiger charge is -1.96. The van der Waals surface area contributed by atoms with Crippen molar-refractivity contribution in [1.29, 1.82) is 0 Å². The van der Waals surface area contributed by atoms with E-state index in [0.29, 0.717) is 16.8 Å². The molecule has 0 bridgehead atoms. The fourth-order valence-corrected chi connectivity index (χ4v) is 1.79. The molecule has 0 aliphatic carbocycles. The Balaban J connectivity index is 0.000000277. The molecular weight excluding hydrogens is 363 g/mol. The molecule has 25 heavy (non-hydrogen) atoms. The third-order valence-electron chi connectivity index (χ3n) is 2.68. The first-order chi connectivity index (χ1) is 11.8. The third-order valence-corrected chi connectivity index (χ3v) is 3.01. The van der Waals surface area contributed by atoms with E-state index in [2.05, 4.69) is 15.2 Å². The molecule has 0 spiro atoms. The molecule has 3 rings (SSSR count). The highest BCUT2D eigenvalue weighted by molar-refractivity contribution is 6.33. The second kappa shape index (κ2) is 7.75. The predicted molar refractivity (Wildman–Crippen MR) is 81.7 cm³/mol. The standard InChI is InChI=1S/C13H8ClN3O.C2HF3O2/c14-11-6-2-1-5-10(11)13-17-16-12(18-13)9-4-3-7-15-8-9;3-2(4,5)1(6)7/h1-8H;(H,6,7). The van der Waals surface area contributed by atoms with Crippen LogP contribution in [0.2, 0.25) is 5.02 Å². The van der Waals surface area contributed by atoms with Gasteiger partial charge in [0.1, 0.15) is 0 Å². The normalized spacial score (nSPS) is 10.7. The van der Waals surface area contributed by atoms with Gasteiger partial charge in [-0.2, -0.15) is 13.2 Å². The van der Waals surface area contributed by atoms with Crippen LogP contribution in [0.15, 0.2) is 53.2 Å². The Hall–Kier alpha value is -2.94. The quantitative estimate of drug-likeness (QED) is 0.730. The maximum atomic E-state index is 10.6. The van der Waals surface area contributed by atoms with Gasteiger partial charge in [-0.3, -0.25) is 4.98 Å². The summed E-state index contributed by atoms with van der Waals surface area (Å²) in [4.78, 5) is 12.9. The molecular formula is C15H9ClF3N3O3. The fraction of sp³-hybridized carbons (Fsp3) is 0.0667. The Morgan fingerprint density at radius 2 is 1.72 bits per heavy atom. The van der Waals surface area contributed by atoms with Crippen LogP contribution in [-0.2, 0) is 4.79 Å². The van der Waals surface area contributed by atoms with Crippen molar-refractivity contribution in [3.63, 3.8) is 0 Å². The molecule has 10 heteroatoms. The highest BCUT2D eigenvalue weighted by Crippen LogP contribution is 2.28. The van der Waals surface area contributed by atoms with Gasteiger partial charge in [-0.15, -0.1) is 10.2 Å². The van der Waals surface area contributed by atoms with Gasteiger partial charge < -0.3 is 9.52 Å². The van der Waals surface area contributed by atoms with Gasteiger partial charge in [0.25, 0.3) is 0 Å². The van der Waals surface area contributed by atoms with Gasteiger partial charge in [0.15, 0.2) is 0 Å². The van der Waals surface area contributed by atoms with Crippen LogP contribution < -0.4 is 0 Å². The number of carbonyl (C=O) groups is 1. The lowest BCUT2D eigenvalue weighted by molar-refractivity contribution is -0.192. The van der Waals surface area contributed by atoms with Gasteiger partial charge in [-0.25, -0.2) is 4.79 Å². The molecule has 2 aromatic heterocycles. The molecule has 1 aromatic carbocycles. The second-order valence-electron chi connectivity index (χ2n) is 4.44. The van der Waals surface area contributed by atoms with Crippen molar-refractivity contribution in [1.82, 2.24) is 15.2 Å². The van der Waals surface area contributed by atoms with E-state index < -0.39 is 12.1 Å². The van der Waals surface area contributed by atoms with E-state index in [4.69, 9.17) is 25.9 Å². The van der Waals surface area contributed by atoms with Crippen LogP contribution >= 0.6 is 11.6 Å². The molecule has 2 heterocycles. The Kier molecular flexibility index (Phi) is 5.71. The highest BCUT2D eigenvalue weighted by Gasteiger charge is 2.38. The van der Waals surface area contributed by atoms with Crippen molar-refractivity contribution < 1.29 is 27.5 Å². The van der Waals surface area contributed by atoms with Gasteiger partial charge in [0, 0.05) is 12.4 Å². The van der Waals surface area contributed by atoms with E-state index in [0.717, 1.165) is 11.1 Å². The minimum atomic E-state index is -5.08. The number of aromatic nitrogens is 3. The fourth-order valence-electron chi connectivity index (χ4n) is 1.57. The summed E-state index contributed by atoms with van der Waals surface area (Å²) >= 11 is 6.07. The van der Waals surface area contributed by atoms with Gasteiger partial charge in [-0.1, -0.05) is 23.7 Å². The summed E-state index contributed by atoms with van der Waals surface area (Å²) in [6.45, 7) is 0. The molecule has 3 aromatic rings.